The highest BCUT2D eigenvalue weighted by atomic mass is 32.1. The molecule has 62 valence electrons. The summed E-state index contributed by atoms with van der Waals surface area (Å²) in [5.74, 6) is 0. The van der Waals surface area contributed by atoms with Crippen molar-refractivity contribution >= 4 is 23.5 Å². The van der Waals surface area contributed by atoms with E-state index in [1.807, 2.05) is 17.5 Å². The Kier molecular flexibility index (Phi) is 1.62. The van der Waals surface area contributed by atoms with E-state index in [-0.39, 0.29) is 0 Å². The van der Waals surface area contributed by atoms with Crippen LogP contribution >= 0.6 is 11.3 Å². The van der Waals surface area contributed by atoms with Gasteiger partial charge in [0.1, 0.15) is 0 Å². The molecule has 1 aliphatic rings. The van der Waals surface area contributed by atoms with Gasteiger partial charge in [-0.1, -0.05) is 0 Å². The molecule has 4 heteroatoms. The number of hydrogen-bond acceptors (Lipinski definition) is 2. The molecule has 0 unspecified atom stereocenters. The predicted molar refractivity (Wildman–Crippen MR) is 46.9 cm³/mol. The zero-order valence-corrected chi connectivity index (χ0v) is 7.04. The van der Waals surface area contributed by atoms with Crippen molar-refractivity contribution in [3.8, 4) is 0 Å². The molecule has 0 fully saturated rings. The topological polar surface area (TPSA) is 40.5 Å². The molecule has 1 aliphatic heterocycles. The second-order valence-corrected chi connectivity index (χ2v) is 3.48. The summed E-state index contributed by atoms with van der Waals surface area (Å²) in [6.45, 7) is 0.477. The summed E-state index contributed by atoms with van der Waals surface area (Å²) < 4.78 is 0. The van der Waals surface area contributed by atoms with Crippen molar-refractivity contribution < 1.29 is 9.90 Å². The lowest BCUT2D eigenvalue weighted by molar-refractivity contribution is 0.161. The molecule has 1 aromatic heterocycles. The van der Waals surface area contributed by atoms with Crippen LogP contribution in [0.2, 0.25) is 0 Å². The molecule has 0 atom stereocenters. The Labute approximate surface area is 73.6 Å². The van der Waals surface area contributed by atoms with E-state index < -0.39 is 6.09 Å². The molecule has 0 spiro atoms. The SMILES string of the molecule is O=C(O)N1C=Cc2sccc2C1. The number of thiophene rings is 1. The minimum atomic E-state index is -0.900. The van der Waals surface area contributed by atoms with E-state index in [2.05, 4.69) is 0 Å². The minimum absolute atomic E-state index is 0.477. The summed E-state index contributed by atoms with van der Waals surface area (Å²) in [6.07, 6.45) is 2.53. The highest BCUT2D eigenvalue weighted by molar-refractivity contribution is 7.11. The number of fused-ring (bicyclic) bond motifs is 1. The molecule has 0 radical (unpaired) electrons. The standard InChI is InChI=1S/C8H7NO2S/c10-8(11)9-3-1-7-6(5-9)2-4-12-7/h1-4H,5H2,(H,10,11). The molecule has 0 saturated heterocycles. The number of nitrogens with zero attached hydrogens (tertiary/aromatic N) is 1. The van der Waals surface area contributed by atoms with Gasteiger partial charge in [-0.15, -0.1) is 11.3 Å². The van der Waals surface area contributed by atoms with Crippen LogP contribution in [-0.4, -0.2) is 16.1 Å². The highest BCUT2D eigenvalue weighted by Crippen LogP contribution is 2.24. The molecular weight excluding hydrogens is 174 g/mol. The van der Waals surface area contributed by atoms with Crippen LogP contribution in [0.3, 0.4) is 0 Å². The molecule has 1 amide bonds. The van der Waals surface area contributed by atoms with Crippen molar-refractivity contribution in [3.05, 3.63) is 28.1 Å². The lowest BCUT2D eigenvalue weighted by Crippen LogP contribution is -2.24. The van der Waals surface area contributed by atoms with E-state index in [0.717, 1.165) is 10.4 Å². The average Bonchev–Trinajstić information content (AvgIpc) is 2.49. The number of hydrogen-bond donors (Lipinski definition) is 1. The average molecular weight is 181 g/mol. The van der Waals surface area contributed by atoms with Crippen LogP contribution in [0.1, 0.15) is 10.4 Å². The van der Waals surface area contributed by atoms with Gasteiger partial charge in [-0.3, -0.25) is 4.90 Å². The van der Waals surface area contributed by atoms with Gasteiger partial charge in [0, 0.05) is 11.1 Å². The van der Waals surface area contributed by atoms with E-state index in [1.165, 1.54) is 4.90 Å². The number of carbonyl (C=O) groups is 1. The van der Waals surface area contributed by atoms with Gasteiger partial charge in [-0.25, -0.2) is 4.79 Å². The monoisotopic (exact) mass is 181 g/mol. The molecule has 1 aromatic rings. The first-order chi connectivity index (χ1) is 5.77. The fourth-order valence-electron chi connectivity index (χ4n) is 1.15. The first kappa shape index (κ1) is 7.36. The second-order valence-electron chi connectivity index (χ2n) is 2.54. The summed E-state index contributed by atoms with van der Waals surface area (Å²) in [6, 6.07) is 1.96. The third kappa shape index (κ3) is 1.10. The van der Waals surface area contributed by atoms with Gasteiger partial charge in [-0.2, -0.15) is 0 Å². The third-order valence-corrected chi connectivity index (χ3v) is 2.70. The Morgan fingerprint density at radius 3 is 3.25 bits per heavy atom. The van der Waals surface area contributed by atoms with Crippen molar-refractivity contribution in [2.24, 2.45) is 0 Å². The number of rotatable bonds is 0. The van der Waals surface area contributed by atoms with Crippen molar-refractivity contribution in [1.82, 2.24) is 4.90 Å². The molecule has 0 aliphatic carbocycles. The van der Waals surface area contributed by atoms with Gasteiger partial charge in [0.25, 0.3) is 0 Å². The van der Waals surface area contributed by atoms with E-state index in [9.17, 15) is 4.79 Å². The van der Waals surface area contributed by atoms with Crippen molar-refractivity contribution in [1.29, 1.82) is 0 Å². The zero-order chi connectivity index (χ0) is 8.55. The van der Waals surface area contributed by atoms with Crippen LogP contribution < -0.4 is 0 Å². The highest BCUT2D eigenvalue weighted by Gasteiger charge is 2.15. The quantitative estimate of drug-likeness (QED) is 0.666. The van der Waals surface area contributed by atoms with E-state index in [1.54, 1.807) is 17.5 Å². The predicted octanol–water partition coefficient (Wildman–Crippen LogP) is 2.21. The Morgan fingerprint density at radius 1 is 1.67 bits per heavy atom. The third-order valence-electron chi connectivity index (χ3n) is 1.77. The summed E-state index contributed by atoms with van der Waals surface area (Å²) in [5, 5.41) is 10.7. The Hall–Kier alpha value is -1.29. The fraction of sp³-hybridized carbons (Fsp3) is 0.125. The summed E-state index contributed by atoms with van der Waals surface area (Å²) >= 11 is 1.63. The zero-order valence-electron chi connectivity index (χ0n) is 6.23. The normalized spacial score (nSPS) is 14.5. The number of amides is 1. The van der Waals surface area contributed by atoms with Crippen molar-refractivity contribution in [3.63, 3.8) is 0 Å². The molecule has 0 aromatic carbocycles. The summed E-state index contributed by atoms with van der Waals surface area (Å²) in [4.78, 5) is 13.0. The molecule has 2 rings (SSSR count). The maximum atomic E-state index is 10.6. The lowest BCUT2D eigenvalue weighted by Gasteiger charge is -2.17. The molecule has 3 nitrogen and oxygen atoms in total. The van der Waals surface area contributed by atoms with Crippen LogP contribution in [0, 0.1) is 0 Å². The summed E-state index contributed by atoms with van der Waals surface area (Å²) in [7, 11) is 0. The lowest BCUT2D eigenvalue weighted by atomic mass is 10.2. The van der Waals surface area contributed by atoms with E-state index in [0.29, 0.717) is 6.54 Å². The minimum Gasteiger partial charge on any atom is -0.465 e. The first-order valence-electron chi connectivity index (χ1n) is 3.51. The second kappa shape index (κ2) is 2.64. The van der Waals surface area contributed by atoms with Gasteiger partial charge in [-0.05, 0) is 23.1 Å². The Bertz CT molecular complexity index is 343. The van der Waals surface area contributed by atoms with Gasteiger partial charge >= 0.3 is 6.09 Å². The Balaban J connectivity index is 2.30. The summed E-state index contributed by atoms with van der Waals surface area (Å²) in [5.41, 5.74) is 1.09. The molecule has 0 saturated carbocycles. The molecular formula is C8H7NO2S. The Morgan fingerprint density at radius 2 is 2.50 bits per heavy atom. The van der Waals surface area contributed by atoms with Gasteiger partial charge in [0.2, 0.25) is 0 Å². The van der Waals surface area contributed by atoms with Crippen molar-refractivity contribution in [2.75, 3.05) is 0 Å². The molecule has 0 bridgehead atoms. The fourth-order valence-corrected chi connectivity index (χ4v) is 1.95. The van der Waals surface area contributed by atoms with Crippen LogP contribution in [0.4, 0.5) is 4.79 Å². The maximum absolute atomic E-state index is 10.6. The molecule has 2 heterocycles. The number of carboxylic acid groups (broad SMARTS) is 1. The van der Waals surface area contributed by atoms with Gasteiger partial charge < -0.3 is 5.11 Å². The maximum Gasteiger partial charge on any atom is 0.411 e. The van der Waals surface area contributed by atoms with Crippen LogP contribution in [0.15, 0.2) is 17.6 Å². The smallest absolute Gasteiger partial charge is 0.411 e. The molecule has 12 heavy (non-hydrogen) atoms. The molecule has 1 N–H and O–H groups in total. The van der Waals surface area contributed by atoms with Gasteiger partial charge in [0.05, 0.1) is 6.54 Å². The van der Waals surface area contributed by atoms with E-state index >= 15 is 0 Å². The van der Waals surface area contributed by atoms with Crippen molar-refractivity contribution in [2.45, 2.75) is 6.54 Å². The van der Waals surface area contributed by atoms with Crippen LogP contribution in [0.5, 0.6) is 0 Å². The largest absolute Gasteiger partial charge is 0.465 e. The van der Waals surface area contributed by atoms with Gasteiger partial charge in [0.15, 0.2) is 0 Å². The van der Waals surface area contributed by atoms with E-state index in [4.69, 9.17) is 5.11 Å². The first-order valence-corrected chi connectivity index (χ1v) is 4.39. The van der Waals surface area contributed by atoms with Crippen LogP contribution in [-0.2, 0) is 6.54 Å². The van der Waals surface area contributed by atoms with Crippen LogP contribution in [0.25, 0.3) is 6.08 Å².